The second-order valence-electron chi connectivity index (χ2n) is 13.0. The number of ether oxygens (including phenoxy) is 1. The second kappa shape index (κ2) is 24.9. The summed E-state index contributed by atoms with van der Waals surface area (Å²) in [7, 11) is -4.19. The molecular formula is C38H70O4Si2. The quantitative estimate of drug-likeness (QED) is 0.0516. The van der Waals surface area contributed by atoms with Crippen LogP contribution in [0.1, 0.15) is 131 Å². The molecule has 0 heterocycles. The van der Waals surface area contributed by atoms with Crippen LogP contribution in [0.2, 0.25) is 36.3 Å². The zero-order valence-electron chi connectivity index (χ0n) is 30.0. The van der Waals surface area contributed by atoms with Crippen LogP contribution in [0, 0.1) is 0 Å². The average Bonchev–Trinajstić information content (AvgIpc) is 3.04. The lowest BCUT2D eigenvalue weighted by Gasteiger charge is -2.42. The van der Waals surface area contributed by atoms with Gasteiger partial charge in [0.2, 0.25) is 0 Å². The van der Waals surface area contributed by atoms with Crippen molar-refractivity contribution < 1.29 is 18.4 Å². The summed E-state index contributed by atoms with van der Waals surface area (Å²) < 4.78 is 20.7. The van der Waals surface area contributed by atoms with Gasteiger partial charge in [-0.15, -0.1) is 0 Å². The molecule has 2 unspecified atom stereocenters. The van der Waals surface area contributed by atoms with Gasteiger partial charge in [-0.25, -0.2) is 4.79 Å². The maximum Gasteiger partial charge on any atom is 0.330 e. The fraction of sp³-hybridized carbons (Fsp3) is 0.763. The molecule has 0 N–H and O–H groups in total. The number of unbranched alkanes of at least 4 members (excludes halogenated alkanes) is 6. The van der Waals surface area contributed by atoms with Gasteiger partial charge in [0.05, 0.1) is 18.8 Å². The zero-order chi connectivity index (χ0) is 32.5. The molecule has 0 saturated heterocycles. The monoisotopic (exact) mass is 646 g/mol. The molecule has 2 atom stereocenters. The summed E-state index contributed by atoms with van der Waals surface area (Å²) in [5.41, 5.74) is 1.28. The van der Waals surface area contributed by atoms with Crippen molar-refractivity contribution in [2.24, 2.45) is 0 Å². The molecule has 4 nitrogen and oxygen atoms in total. The van der Waals surface area contributed by atoms with E-state index in [0.29, 0.717) is 6.61 Å². The SMILES string of the molecule is CCCC[Si](CCCC)(CCCC)OC(C=CC(=O)OCC)C(Cc1ccccc1)O[Si](CCCC)(CCCC)CCCC. The van der Waals surface area contributed by atoms with E-state index in [-0.39, 0.29) is 18.2 Å². The van der Waals surface area contributed by atoms with E-state index in [1.165, 1.54) is 119 Å². The van der Waals surface area contributed by atoms with E-state index in [1.54, 1.807) is 6.08 Å². The highest BCUT2D eigenvalue weighted by molar-refractivity contribution is 6.74. The molecule has 0 aliphatic heterocycles. The minimum absolute atomic E-state index is 0.114. The Hall–Kier alpha value is -1.22. The molecule has 1 rings (SSSR count). The first-order valence-electron chi connectivity index (χ1n) is 18.6. The maximum absolute atomic E-state index is 12.7. The fourth-order valence-corrected chi connectivity index (χ4v) is 16.2. The molecule has 0 aliphatic rings. The second-order valence-corrected chi connectivity index (χ2v) is 21.2. The Morgan fingerprint density at radius 2 is 1.05 bits per heavy atom. The van der Waals surface area contributed by atoms with Crippen LogP contribution in [0.5, 0.6) is 0 Å². The van der Waals surface area contributed by atoms with Crippen molar-refractivity contribution in [3.8, 4) is 0 Å². The van der Waals surface area contributed by atoms with Crippen LogP contribution in [0.3, 0.4) is 0 Å². The van der Waals surface area contributed by atoms with Crippen molar-refractivity contribution >= 4 is 22.6 Å². The lowest BCUT2D eigenvalue weighted by atomic mass is 10.0. The summed E-state index contributed by atoms with van der Waals surface area (Å²) in [6, 6.07) is 18.0. The number of rotatable bonds is 28. The van der Waals surface area contributed by atoms with Gasteiger partial charge in [0, 0.05) is 12.5 Å². The average molecular weight is 647 g/mol. The normalized spacial score (nSPS) is 13.8. The Morgan fingerprint density at radius 1 is 0.636 bits per heavy atom. The van der Waals surface area contributed by atoms with Crippen LogP contribution >= 0.6 is 0 Å². The third-order valence-corrected chi connectivity index (χ3v) is 18.2. The molecule has 254 valence electrons. The minimum Gasteiger partial charge on any atom is -0.463 e. The van der Waals surface area contributed by atoms with Crippen molar-refractivity contribution in [3.63, 3.8) is 0 Å². The lowest BCUT2D eigenvalue weighted by molar-refractivity contribution is -0.137. The van der Waals surface area contributed by atoms with Crippen molar-refractivity contribution in [3.05, 3.63) is 48.0 Å². The van der Waals surface area contributed by atoms with Gasteiger partial charge >= 0.3 is 5.97 Å². The number of benzene rings is 1. The largest absolute Gasteiger partial charge is 0.463 e. The Bertz CT molecular complexity index is 816. The van der Waals surface area contributed by atoms with Gasteiger partial charge in [-0.1, -0.05) is 149 Å². The van der Waals surface area contributed by atoms with E-state index in [2.05, 4.69) is 71.9 Å². The molecule has 0 radical (unpaired) electrons. The fourth-order valence-electron chi connectivity index (χ4n) is 6.38. The number of carbonyl (C=O) groups is 1. The molecule has 0 aliphatic carbocycles. The van der Waals surface area contributed by atoms with Gasteiger partial charge in [-0.2, -0.15) is 0 Å². The summed E-state index contributed by atoms with van der Waals surface area (Å²) >= 11 is 0. The first-order valence-corrected chi connectivity index (χ1v) is 23.7. The Morgan fingerprint density at radius 3 is 1.43 bits per heavy atom. The minimum atomic E-state index is -2.11. The molecule has 0 amide bonds. The van der Waals surface area contributed by atoms with Crippen LogP contribution in [0.4, 0.5) is 0 Å². The smallest absolute Gasteiger partial charge is 0.330 e. The summed E-state index contributed by atoms with van der Waals surface area (Å²) in [6.45, 7) is 16.1. The van der Waals surface area contributed by atoms with E-state index >= 15 is 0 Å². The van der Waals surface area contributed by atoms with Crippen molar-refractivity contribution in [1.29, 1.82) is 0 Å². The standard InChI is InChI=1S/C38H70O4Si2/c1-8-15-28-43(29-16-9-2,30-17-10-3)41-36(26-27-38(39)40-14-7)37(34-35-24-22-21-23-25-35)42-44(31-18-11-4,32-19-12-5)33-20-13-6/h21-27,36-37H,8-20,28-34H2,1-7H3. The van der Waals surface area contributed by atoms with E-state index in [4.69, 9.17) is 13.6 Å². The highest BCUT2D eigenvalue weighted by Crippen LogP contribution is 2.36. The zero-order valence-corrected chi connectivity index (χ0v) is 32.0. The molecule has 0 fully saturated rings. The molecule has 0 aromatic heterocycles. The summed E-state index contributed by atoms with van der Waals surface area (Å²) in [6.07, 6.45) is 18.6. The van der Waals surface area contributed by atoms with Crippen LogP contribution < -0.4 is 0 Å². The Kier molecular flexibility index (Phi) is 23.1. The highest BCUT2D eigenvalue weighted by Gasteiger charge is 2.42. The molecule has 1 aromatic rings. The van der Waals surface area contributed by atoms with E-state index in [9.17, 15) is 4.79 Å². The Labute approximate surface area is 275 Å². The van der Waals surface area contributed by atoms with Crippen LogP contribution in [0.15, 0.2) is 42.5 Å². The molecule has 0 spiro atoms. The number of carbonyl (C=O) groups excluding carboxylic acids is 1. The Balaban J connectivity index is 3.78. The summed E-state index contributed by atoms with van der Waals surface area (Å²) in [4.78, 5) is 12.7. The first kappa shape index (κ1) is 40.8. The molecule has 0 saturated carbocycles. The predicted molar refractivity (Wildman–Crippen MR) is 195 cm³/mol. The topological polar surface area (TPSA) is 44.8 Å². The van der Waals surface area contributed by atoms with Gasteiger partial charge in [0.1, 0.15) is 0 Å². The van der Waals surface area contributed by atoms with E-state index in [1.807, 2.05) is 13.0 Å². The summed E-state index contributed by atoms with van der Waals surface area (Å²) in [5, 5.41) is 0. The van der Waals surface area contributed by atoms with Gasteiger partial charge in [0.25, 0.3) is 0 Å². The van der Waals surface area contributed by atoms with E-state index in [0.717, 1.165) is 6.42 Å². The van der Waals surface area contributed by atoms with Gasteiger partial charge in [-0.05, 0) is 54.8 Å². The van der Waals surface area contributed by atoms with Gasteiger partial charge < -0.3 is 13.6 Å². The van der Waals surface area contributed by atoms with Crippen molar-refractivity contribution in [2.45, 2.75) is 180 Å². The van der Waals surface area contributed by atoms with Crippen LogP contribution in [-0.2, 0) is 24.8 Å². The number of hydrogen-bond donors (Lipinski definition) is 0. The number of esters is 1. The van der Waals surface area contributed by atoms with Crippen LogP contribution in [0.25, 0.3) is 0 Å². The van der Waals surface area contributed by atoms with Crippen LogP contribution in [-0.4, -0.2) is 41.4 Å². The van der Waals surface area contributed by atoms with Crippen molar-refractivity contribution in [1.82, 2.24) is 0 Å². The third-order valence-electron chi connectivity index (χ3n) is 9.06. The first-order chi connectivity index (χ1) is 21.4. The number of hydrogen-bond acceptors (Lipinski definition) is 4. The van der Waals surface area contributed by atoms with Gasteiger partial charge in [0.15, 0.2) is 16.6 Å². The third kappa shape index (κ3) is 16.4. The maximum atomic E-state index is 12.7. The predicted octanol–water partition coefficient (Wildman–Crippen LogP) is 11.8. The summed E-state index contributed by atoms with van der Waals surface area (Å²) in [5.74, 6) is -0.283. The molecule has 0 bridgehead atoms. The lowest BCUT2D eigenvalue weighted by Crippen LogP contribution is -2.50. The molecule has 1 aromatic carbocycles. The molecular weight excluding hydrogens is 577 g/mol. The van der Waals surface area contributed by atoms with E-state index < -0.39 is 16.6 Å². The highest BCUT2D eigenvalue weighted by atomic mass is 28.4. The molecule has 6 heteroatoms. The molecule has 44 heavy (non-hydrogen) atoms. The van der Waals surface area contributed by atoms with Crippen molar-refractivity contribution in [2.75, 3.05) is 6.61 Å². The van der Waals surface area contributed by atoms with Gasteiger partial charge in [-0.3, -0.25) is 0 Å².